The minimum atomic E-state index is 0.227. The number of morpholine rings is 1. The minimum Gasteiger partial charge on any atom is -0.493 e. The number of benzene rings is 1. The van der Waals surface area contributed by atoms with E-state index in [9.17, 15) is 0 Å². The van der Waals surface area contributed by atoms with Gasteiger partial charge in [-0.05, 0) is 56.5 Å². The van der Waals surface area contributed by atoms with Gasteiger partial charge in [0.15, 0.2) is 5.96 Å². The Morgan fingerprint density at radius 2 is 2.12 bits per heavy atom. The van der Waals surface area contributed by atoms with Crippen molar-refractivity contribution in [2.24, 2.45) is 4.99 Å². The number of rotatable bonds is 9. The summed E-state index contributed by atoms with van der Waals surface area (Å²) < 4.78 is 11.6. The first kappa shape index (κ1) is 23.9. The second-order valence-corrected chi connectivity index (χ2v) is 8.16. The fourth-order valence-electron chi connectivity index (χ4n) is 3.60. The van der Waals surface area contributed by atoms with Gasteiger partial charge in [-0.2, -0.15) is 0 Å². The van der Waals surface area contributed by atoms with E-state index in [0.717, 1.165) is 67.9 Å². The number of hydrogen-bond donors (Lipinski definition) is 2. The van der Waals surface area contributed by atoms with Crippen molar-refractivity contribution in [2.75, 3.05) is 37.7 Å². The summed E-state index contributed by atoms with van der Waals surface area (Å²) in [6.45, 7) is 13.6. The normalized spacial score (nSPS) is 16.7. The van der Waals surface area contributed by atoms with Crippen LogP contribution in [0.3, 0.4) is 0 Å². The Balaban J connectivity index is 1.65. The maximum absolute atomic E-state index is 5.95. The highest BCUT2D eigenvalue weighted by molar-refractivity contribution is 5.79. The number of aromatic nitrogens is 1. The maximum Gasteiger partial charge on any atom is 0.191 e. The summed E-state index contributed by atoms with van der Waals surface area (Å²) in [6.07, 6.45) is 3.08. The number of anilines is 1. The SMILES string of the molecule is CCCOc1cc(C)ccc1CNC(=NCc1ccnc(N2CCOC(C)C2)c1)NCC. The molecule has 1 aliphatic heterocycles. The number of nitrogens with zero attached hydrogens (tertiary/aromatic N) is 3. The van der Waals surface area contributed by atoms with Crippen LogP contribution in [0.2, 0.25) is 0 Å². The van der Waals surface area contributed by atoms with Gasteiger partial charge in [0.2, 0.25) is 0 Å². The maximum atomic E-state index is 5.95. The van der Waals surface area contributed by atoms with Crippen molar-refractivity contribution in [3.63, 3.8) is 0 Å². The quantitative estimate of drug-likeness (QED) is 0.459. The lowest BCUT2D eigenvalue weighted by molar-refractivity contribution is 0.0529. The molecule has 1 fully saturated rings. The molecule has 1 unspecified atom stereocenters. The van der Waals surface area contributed by atoms with E-state index in [-0.39, 0.29) is 6.10 Å². The molecule has 1 atom stereocenters. The molecule has 0 aliphatic carbocycles. The molecule has 0 radical (unpaired) electrons. The molecule has 174 valence electrons. The van der Waals surface area contributed by atoms with E-state index in [4.69, 9.17) is 14.5 Å². The number of nitrogens with one attached hydrogen (secondary N) is 2. The highest BCUT2D eigenvalue weighted by Gasteiger charge is 2.18. The van der Waals surface area contributed by atoms with Gasteiger partial charge in [0.1, 0.15) is 11.6 Å². The molecule has 0 saturated carbocycles. The Morgan fingerprint density at radius 3 is 2.91 bits per heavy atom. The molecule has 7 nitrogen and oxygen atoms in total. The van der Waals surface area contributed by atoms with Crippen molar-refractivity contribution >= 4 is 11.8 Å². The molecular formula is C25H37N5O2. The summed E-state index contributed by atoms with van der Waals surface area (Å²) in [5.74, 6) is 2.71. The van der Waals surface area contributed by atoms with Gasteiger partial charge in [-0.15, -0.1) is 0 Å². The summed E-state index contributed by atoms with van der Waals surface area (Å²) in [5.41, 5.74) is 3.46. The van der Waals surface area contributed by atoms with Crippen LogP contribution in [-0.2, 0) is 17.8 Å². The summed E-state index contributed by atoms with van der Waals surface area (Å²) in [7, 11) is 0. The van der Waals surface area contributed by atoms with Crippen molar-refractivity contribution in [3.05, 3.63) is 53.2 Å². The summed E-state index contributed by atoms with van der Waals surface area (Å²) in [4.78, 5) is 11.6. The van der Waals surface area contributed by atoms with Gasteiger partial charge in [-0.1, -0.05) is 19.1 Å². The fourth-order valence-corrected chi connectivity index (χ4v) is 3.60. The molecule has 2 N–H and O–H groups in total. The number of aliphatic imine (C=N–C) groups is 1. The number of aryl methyl sites for hydroxylation is 1. The molecule has 1 aliphatic rings. The molecular weight excluding hydrogens is 402 g/mol. The zero-order valence-corrected chi connectivity index (χ0v) is 19.9. The molecule has 1 aromatic heterocycles. The fraction of sp³-hybridized carbons (Fsp3) is 0.520. The second-order valence-electron chi connectivity index (χ2n) is 8.16. The predicted molar refractivity (Wildman–Crippen MR) is 130 cm³/mol. The third-order valence-corrected chi connectivity index (χ3v) is 5.27. The molecule has 0 spiro atoms. The predicted octanol–water partition coefficient (Wildman–Crippen LogP) is 3.66. The van der Waals surface area contributed by atoms with Crippen molar-refractivity contribution in [1.82, 2.24) is 15.6 Å². The Labute approximate surface area is 192 Å². The average molecular weight is 440 g/mol. The van der Waals surface area contributed by atoms with Crippen LogP contribution in [0, 0.1) is 6.92 Å². The molecule has 2 heterocycles. The Hall–Kier alpha value is -2.80. The van der Waals surface area contributed by atoms with E-state index < -0.39 is 0 Å². The van der Waals surface area contributed by atoms with Gasteiger partial charge in [0.25, 0.3) is 0 Å². The van der Waals surface area contributed by atoms with E-state index in [1.807, 2.05) is 12.3 Å². The smallest absolute Gasteiger partial charge is 0.191 e. The molecule has 1 saturated heterocycles. The standard InChI is InChI=1S/C25H37N5O2/c1-5-12-32-23-14-19(3)7-8-22(23)17-29-25(26-6-2)28-16-21-9-10-27-24(15-21)30-11-13-31-20(4)18-30/h7-10,14-15,20H,5-6,11-13,16-18H2,1-4H3,(H2,26,28,29). The first-order chi connectivity index (χ1) is 15.6. The molecule has 1 aromatic carbocycles. The lowest BCUT2D eigenvalue weighted by Crippen LogP contribution is -2.41. The van der Waals surface area contributed by atoms with Gasteiger partial charge < -0.3 is 25.0 Å². The first-order valence-corrected chi connectivity index (χ1v) is 11.6. The average Bonchev–Trinajstić information content (AvgIpc) is 2.80. The number of hydrogen-bond acceptors (Lipinski definition) is 5. The van der Waals surface area contributed by atoms with Crippen LogP contribution in [-0.4, -0.2) is 49.9 Å². The van der Waals surface area contributed by atoms with E-state index in [0.29, 0.717) is 13.1 Å². The number of ether oxygens (including phenoxy) is 2. The van der Waals surface area contributed by atoms with E-state index in [2.05, 4.69) is 72.5 Å². The Morgan fingerprint density at radius 1 is 1.25 bits per heavy atom. The van der Waals surface area contributed by atoms with Gasteiger partial charge in [0.05, 0.1) is 25.9 Å². The summed E-state index contributed by atoms with van der Waals surface area (Å²) in [5, 5.41) is 6.78. The molecule has 2 aromatic rings. The van der Waals surface area contributed by atoms with Crippen LogP contribution < -0.4 is 20.3 Å². The van der Waals surface area contributed by atoms with Crippen LogP contribution >= 0.6 is 0 Å². The Bertz CT molecular complexity index is 886. The largest absolute Gasteiger partial charge is 0.493 e. The van der Waals surface area contributed by atoms with Crippen molar-refractivity contribution in [1.29, 1.82) is 0 Å². The molecule has 7 heteroatoms. The van der Waals surface area contributed by atoms with Gasteiger partial charge >= 0.3 is 0 Å². The minimum absolute atomic E-state index is 0.227. The van der Waals surface area contributed by atoms with Crippen molar-refractivity contribution < 1.29 is 9.47 Å². The van der Waals surface area contributed by atoms with E-state index in [1.54, 1.807) is 0 Å². The lowest BCUT2D eigenvalue weighted by Gasteiger charge is -2.32. The third kappa shape index (κ3) is 7.12. The zero-order valence-electron chi connectivity index (χ0n) is 19.9. The van der Waals surface area contributed by atoms with Crippen molar-refractivity contribution in [3.8, 4) is 5.75 Å². The molecule has 3 rings (SSSR count). The lowest BCUT2D eigenvalue weighted by atomic mass is 10.1. The monoisotopic (exact) mass is 439 g/mol. The summed E-state index contributed by atoms with van der Waals surface area (Å²) in [6, 6.07) is 10.5. The molecule has 0 amide bonds. The number of pyridine rings is 1. The zero-order chi connectivity index (χ0) is 22.8. The highest BCUT2D eigenvalue weighted by atomic mass is 16.5. The first-order valence-electron chi connectivity index (χ1n) is 11.6. The van der Waals surface area contributed by atoms with Crippen LogP contribution in [0.1, 0.15) is 43.9 Å². The van der Waals surface area contributed by atoms with Gasteiger partial charge in [-0.25, -0.2) is 9.98 Å². The van der Waals surface area contributed by atoms with Crippen LogP contribution in [0.4, 0.5) is 5.82 Å². The van der Waals surface area contributed by atoms with Crippen LogP contribution in [0.15, 0.2) is 41.5 Å². The van der Waals surface area contributed by atoms with Crippen LogP contribution in [0.5, 0.6) is 5.75 Å². The Kier molecular flexibility index (Phi) is 9.16. The van der Waals surface area contributed by atoms with Crippen LogP contribution in [0.25, 0.3) is 0 Å². The van der Waals surface area contributed by atoms with Gasteiger partial charge in [0, 0.05) is 37.9 Å². The third-order valence-electron chi connectivity index (χ3n) is 5.27. The number of guanidine groups is 1. The van der Waals surface area contributed by atoms with E-state index in [1.165, 1.54) is 5.56 Å². The topological polar surface area (TPSA) is 71.0 Å². The molecule has 0 bridgehead atoms. The van der Waals surface area contributed by atoms with E-state index >= 15 is 0 Å². The highest BCUT2D eigenvalue weighted by Crippen LogP contribution is 2.21. The molecule has 32 heavy (non-hydrogen) atoms. The van der Waals surface area contributed by atoms with Crippen molar-refractivity contribution in [2.45, 2.75) is 53.3 Å². The second kappa shape index (κ2) is 12.3. The van der Waals surface area contributed by atoms with Gasteiger partial charge in [-0.3, -0.25) is 0 Å². The summed E-state index contributed by atoms with van der Waals surface area (Å²) >= 11 is 0.